The lowest BCUT2D eigenvalue weighted by atomic mass is 10.1. The van der Waals surface area contributed by atoms with E-state index in [2.05, 4.69) is 63.2 Å². The minimum Gasteiger partial charge on any atom is -0.357 e. The van der Waals surface area contributed by atoms with Gasteiger partial charge in [-0.3, -0.25) is 0 Å². The number of hydrogen-bond donors (Lipinski definition) is 3. The zero-order valence-electron chi connectivity index (χ0n) is 12.4. The van der Waals surface area contributed by atoms with Gasteiger partial charge in [0.25, 0.3) is 5.96 Å². The summed E-state index contributed by atoms with van der Waals surface area (Å²) in [4.78, 5) is 7.96. The van der Waals surface area contributed by atoms with Gasteiger partial charge in [0.15, 0.2) is 0 Å². The number of anilines is 1. The molecule has 5 heteroatoms. The average molecular weight is 292 g/mol. The molecule has 5 nitrogen and oxygen atoms in total. The Morgan fingerprint density at radius 1 is 1.14 bits per heavy atom. The molecular weight excluding hydrogens is 274 g/mol. The molecule has 0 aliphatic carbocycles. The highest BCUT2D eigenvalue weighted by atomic mass is 15.4. The minimum absolute atomic E-state index is 0.154. The first-order valence-electron chi connectivity index (χ1n) is 7.47. The number of aromatic amines is 1. The summed E-state index contributed by atoms with van der Waals surface area (Å²) < 4.78 is 2.15. The molecule has 2 heterocycles. The Morgan fingerprint density at radius 2 is 1.91 bits per heavy atom. The van der Waals surface area contributed by atoms with E-state index in [0.717, 1.165) is 29.0 Å². The highest BCUT2D eigenvalue weighted by Gasteiger charge is 2.30. The number of benzene rings is 2. The fraction of sp³-hybridized carbons (Fsp3) is 0.176. The molecule has 0 saturated heterocycles. The van der Waals surface area contributed by atoms with Crippen LogP contribution in [0.3, 0.4) is 0 Å². The minimum atomic E-state index is -0.154. The Labute approximate surface area is 128 Å². The third kappa shape index (κ3) is 1.94. The summed E-state index contributed by atoms with van der Waals surface area (Å²) in [5, 5.41) is 3.11. The van der Waals surface area contributed by atoms with Crippen LogP contribution in [0.25, 0.3) is 11.0 Å². The van der Waals surface area contributed by atoms with Crippen LogP contribution in [0, 0.1) is 0 Å². The number of aliphatic imine (C=N–C) groups is 1. The SMILES string of the molecule is CCc1ccc([C@H]2N=C(N)Nc3[nH]c4ccccc4[n+]32)cc1. The Bertz CT molecular complexity index is 860. The van der Waals surface area contributed by atoms with Crippen molar-refractivity contribution < 1.29 is 4.57 Å². The molecule has 0 radical (unpaired) electrons. The standard InChI is InChI=1S/C17H17N5/c1-2-11-7-9-12(10-8-11)15-20-16(18)21-17-19-13-5-3-4-6-14(13)22(15)17/h3-10,15H,2H2,1H3,(H3,18,19,20,21)/p+1/t15-/m0/s1. The summed E-state index contributed by atoms with van der Waals surface area (Å²) >= 11 is 0. The number of guanidine groups is 1. The zero-order chi connectivity index (χ0) is 15.1. The predicted molar refractivity (Wildman–Crippen MR) is 87.7 cm³/mol. The van der Waals surface area contributed by atoms with Gasteiger partial charge < -0.3 is 5.73 Å². The lowest BCUT2D eigenvalue weighted by molar-refractivity contribution is -0.674. The summed E-state index contributed by atoms with van der Waals surface area (Å²) in [6, 6.07) is 16.7. The fourth-order valence-corrected chi connectivity index (χ4v) is 2.94. The van der Waals surface area contributed by atoms with Crippen LogP contribution in [-0.2, 0) is 6.42 Å². The Hall–Kier alpha value is -2.82. The van der Waals surface area contributed by atoms with Gasteiger partial charge in [-0.1, -0.05) is 43.3 Å². The maximum absolute atomic E-state index is 5.96. The molecule has 1 aliphatic rings. The van der Waals surface area contributed by atoms with Crippen molar-refractivity contribution in [2.75, 3.05) is 5.32 Å². The number of aromatic nitrogens is 2. The number of nitrogens with one attached hydrogen (secondary N) is 2. The van der Waals surface area contributed by atoms with Crippen molar-refractivity contribution in [3.63, 3.8) is 0 Å². The number of H-pyrrole nitrogens is 1. The van der Waals surface area contributed by atoms with Crippen LogP contribution < -0.4 is 15.6 Å². The molecule has 0 amide bonds. The number of para-hydroxylation sites is 2. The maximum atomic E-state index is 5.96. The molecule has 4 N–H and O–H groups in total. The van der Waals surface area contributed by atoms with Crippen LogP contribution in [0.15, 0.2) is 53.5 Å². The number of nitrogens with zero attached hydrogens (tertiary/aromatic N) is 2. The molecule has 1 aliphatic heterocycles. The molecule has 0 bridgehead atoms. The zero-order valence-corrected chi connectivity index (χ0v) is 12.4. The fourth-order valence-electron chi connectivity index (χ4n) is 2.94. The van der Waals surface area contributed by atoms with Crippen LogP contribution in [0.5, 0.6) is 0 Å². The molecule has 1 aromatic heterocycles. The van der Waals surface area contributed by atoms with E-state index in [1.165, 1.54) is 5.56 Å². The molecule has 0 spiro atoms. The quantitative estimate of drug-likeness (QED) is 0.634. The lowest BCUT2D eigenvalue weighted by Crippen LogP contribution is -2.48. The first-order chi connectivity index (χ1) is 10.8. The third-order valence-electron chi connectivity index (χ3n) is 4.10. The van der Waals surface area contributed by atoms with Gasteiger partial charge in [0.05, 0.1) is 0 Å². The number of hydrogen-bond acceptors (Lipinski definition) is 3. The number of nitrogens with two attached hydrogens (primary N) is 1. The highest BCUT2D eigenvalue weighted by molar-refractivity contribution is 5.92. The monoisotopic (exact) mass is 292 g/mol. The predicted octanol–water partition coefficient (Wildman–Crippen LogP) is 2.30. The van der Waals surface area contributed by atoms with E-state index in [1.807, 2.05) is 12.1 Å². The summed E-state index contributed by atoms with van der Waals surface area (Å²) in [5.74, 6) is 1.29. The molecule has 22 heavy (non-hydrogen) atoms. The van der Waals surface area contributed by atoms with Gasteiger partial charge in [-0.15, -0.1) is 0 Å². The Morgan fingerprint density at radius 3 is 2.68 bits per heavy atom. The molecule has 0 fully saturated rings. The van der Waals surface area contributed by atoms with E-state index < -0.39 is 0 Å². The molecule has 4 rings (SSSR count). The van der Waals surface area contributed by atoms with Crippen molar-refractivity contribution in [1.82, 2.24) is 4.98 Å². The van der Waals surface area contributed by atoms with E-state index in [0.29, 0.717) is 5.96 Å². The smallest absolute Gasteiger partial charge is 0.357 e. The van der Waals surface area contributed by atoms with Crippen LogP contribution in [-0.4, -0.2) is 10.9 Å². The Balaban J connectivity index is 1.89. The maximum Gasteiger partial charge on any atom is 0.365 e. The third-order valence-corrected chi connectivity index (χ3v) is 4.10. The molecule has 110 valence electrons. The first-order valence-corrected chi connectivity index (χ1v) is 7.47. The van der Waals surface area contributed by atoms with E-state index >= 15 is 0 Å². The van der Waals surface area contributed by atoms with Crippen LogP contribution in [0.1, 0.15) is 24.2 Å². The van der Waals surface area contributed by atoms with E-state index in [4.69, 9.17) is 5.73 Å². The summed E-state index contributed by atoms with van der Waals surface area (Å²) in [6.07, 6.45) is 0.877. The molecule has 0 unspecified atom stereocenters. The van der Waals surface area contributed by atoms with E-state index in [-0.39, 0.29) is 6.17 Å². The van der Waals surface area contributed by atoms with Crippen molar-refractivity contribution in [3.8, 4) is 0 Å². The van der Waals surface area contributed by atoms with Gasteiger partial charge in [-0.05, 0) is 24.1 Å². The van der Waals surface area contributed by atoms with Gasteiger partial charge in [0.2, 0.25) is 6.17 Å². The van der Waals surface area contributed by atoms with Crippen molar-refractivity contribution in [2.45, 2.75) is 19.5 Å². The first kappa shape index (κ1) is 12.9. The molecule has 1 atom stereocenters. The van der Waals surface area contributed by atoms with Crippen LogP contribution in [0.4, 0.5) is 5.95 Å². The van der Waals surface area contributed by atoms with Crippen molar-refractivity contribution >= 4 is 22.9 Å². The average Bonchev–Trinajstić information content (AvgIpc) is 2.92. The molecular formula is C17H18N5+. The second-order valence-corrected chi connectivity index (χ2v) is 5.47. The summed E-state index contributed by atoms with van der Waals surface area (Å²) in [6.45, 7) is 2.15. The number of fused-ring (bicyclic) bond motifs is 3. The van der Waals surface area contributed by atoms with E-state index in [9.17, 15) is 0 Å². The second kappa shape index (κ2) is 4.87. The highest BCUT2D eigenvalue weighted by Crippen LogP contribution is 2.24. The number of rotatable bonds is 2. The van der Waals surface area contributed by atoms with Gasteiger partial charge in [-0.25, -0.2) is 14.9 Å². The summed E-state index contributed by atoms with van der Waals surface area (Å²) in [5.41, 5.74) is 10.6. The lowest BCUT2D eigenvalue weighted by Gasteiger charge is -2.18. The molecule has 3 aromatic rings. The van der Waals surface area contributed by atoms with Crippen LogP contribution >= 0.6 is 0 Å². The second-order valence-electron chi connectivity index (χ2n) is 5.47. The largest absolute Gasteiger partial charge is 0.365 e. The van der Waals surface area contributed by atoms with Gasteiger partial charge in [0.1, 0.15) is 11.0 Å². The molecule has 2 aromatic carbocycles. The van der Waals surface area contributed by atoms with Crippen molar-refractivity contribution in [2.24, 2.45) is 10.7 Å². The van der Waals surface area contributed by atoms with Gasteiger partial charge in [0, 0.05) is 5.56 Å². The number of imidazole rings is 1. The van der Waals surface area contributed by atoms with Crippen LogP contribution in [0.2, 0.25) is 0 Å². The van der Waals surface area contributed by atoms with E-state index in [1.54, 1.807) is 0 Å². The topological polar surface area (TPSA) is 70.1 Å². The van der Waals surface area contributed by atoms with Gasteiger partial charge in [-0.2, -0.15) is 4.99 Å². The van der Waals surface area contributed by atoms with Crippen molar-refractivity contribution in [3.05, 3.63) is 59.7 Å². The normalized spacial score (nSPS) is 17.0. The van der Waals surface area contributed by atoms with Gasteiger partial charge >= 0.3 is 5.95 Å². The van der Waals surface area contributed by atoms with Crippen molar-refractivity contribution in [1.29, 1.82) is 0 Å². The number of aryl methyl sites for hydroxylation is 1. The Kier molecular flexibility index (Phi) is 2.85. The summed E-state index contributed by atoms with van der Waals surface area (Å²) in [7, 11) is 0. The molecule has 0 saturated carbocycles.